The molecular weight excluding hydrogens is 290 g/mol. The van der Waals surface area contributed by atoms with E-state index >= 15 is 0 Å². The zero-order valence-corrected chi connectivity index (χ0v) is 11.6. The van der Waals surface area contributed by atoms with E-state index in [1.807, 2.05) is 0 Å². The highest BCUT2D eigenvalue weighted by atomic mass is 16.5. The molecule has 0 aliphatic heterocycles. The number of fused-ring (bicyclic) bond motifs is 1. The maximum Gasteiger partial charge on any atom is 0.355 e. The fourth-order valence-electron chi connectivity index (χ4n) is 1.81. The molecule has 0 bridgehead atoms. The standard InChI is InChI=1S/C14H13N3O5/c1-7(12(19)17-14(15)21)22-13(20)10-6-11(18)8-4-2-3-5-9(8)16-10/h2-7H,1H3,(H,16,18)(H3,15,17,19,21)/t7-/m0/s1. The van der Waals surface area contributed by atoms with Gasteiger partial charge in [-0.15, -0.1) is 0 Å². The average Bonchev–Trinajstić information content (AvgIpc) is 2.46. The molecule has 0 fully saturated rings. The lowest BCUT2D eigenvalue weighted by Crippen LogP contribution is -2.42. The highest BCUT2D eigenvalue weighted by Gasteiger charge is 2.21. The van der Waals surface area contributed by atoms with Crippen LogP contribution in [0.4, 0.5) is 4.79 Å². The SMILES string of the molecule is C[C@H](OC(=O)c1cc(=O)c2ccccc2[nH]1)C(=O)NC(N)=O. The molecule has 1 aromatic heterocycles. The lowest BCUT2D eigenvalue weighted by Gasteiger charge is -2.12. The van der Waals surface area contributed by atoms with Gasteiger partial charge in [0.05, 0.1) is 0 Å². The first kappa shape index (κ1) is 15.2. The largest absolute Gasteiger partial charge is 0.448 e. The first-order valence-electron chi connectivity index (χ1n) is 6.32. The van der Waals surface area contributed by atoms with Gasteiger partial charge in [-0.2, -0.15) is 0 Å². The number of nitrogens with two attached hydrogens (primary N) is 1. The zero-order chi connectivity index (χ0) is 16.3. The second-order valence-electron chi connectivity index (χ2n) is 4.49. The molecule has 0 radical (unpaired) electrons. The quantitative estimate of drug-likeness (QED) is 0.700. The predicted octanol–water partition coefficient (Wildman–Crippen LogP) is 0.268. The van der Waals surface area contributed by atoms with Crippen molar-refractivity contribution in [2.45, 2.75) is 13.0 Å². The van der Waals surface area contributed by atoms with Gasteiger partial charge in [-0.3, -0.25) is 14.9 Å². The highest BCUT2D eigenvalue weighted by Crippen LogP contribution is 2.08. The van der Waals surface area contributed by atoms with E-state index in [2.05, 4.69) is 4.98 Å². The normalized spacial score (nSPS) is 11.7. The van der Waals surface area contributed by atoms with Crippen molar-refractivity contribution in [3.63, 3.8) is 0 Å². The Morgan fingerprint density at radius 3 is 2.64 bits per heavy atom. The number of para-hydroxylation sites is 1. The van der Waals surface area contributed by atoms with Crippen molar-refractivity contribution in [2.24, 2.45) is 5.73 Å². The van der Waals surface area contributed by atoms with Gasteiger partial charge in [0.1, 0.15) is 5.69 Å². The van der Waals surface area contributed by atoms with Crippen molar-refractivity contribution in [3.05, 3.63) is 46.2 Å². The summed E-state index contributed by atoms with van der Waals surface area (Å²) in [6, 6.07) is 6.70. The van der Waals surface area contributed by atoms with Crippen molar-refractivity contribution in [2.75, 3.05) is 0 Å². The second kappa shape index (κ2) is 6.08. The van der Waals surface area contributed by atoms with Crippen LogP contribution in [0.3, 0.4) is 0 Å². The average molecular weight is 303 g/mol. The van der Waals surface area contributed by atoms with Gasteiger partial charge in [-0.05, 0) is 19.1 Å². The van der Waals surface area contributed by atoms with E-state index in [1.54, 1.807) is 29.6 Å². The molecule has 3 amide bonds. The van der Waals surface area contributed by atoms with Crippen LogP contribution >= 0.6 is 0 Å². The fourth-order valence-corrected chi connectivity index (χ4v) is 1.81. The number of imide groups is 1. The number of aromatic amines is 1. The molecule has 0 saturated heterocycles. The minimum absolute atomic E-state index is 0.0950. The Hall–Kier alpha value is -3.16. The van der Waals surface area contributed by atoms with E-state index in [0.717, 1.165) is 6.07 Å². The Balaban J connectivity index is 2.21. The van der Waals surface area contributed by atoms with E-state index in [9.17, 15) is 19.2 Å². The van der Waals surface area contributed by atoms with Gasteiger partial charge in [0.25, 0.3) is 5.91 Å². The summed E-state index contributed by atoms with van der Waals surface area (Å²) in [7, 11) is 0. The minimum atomic E-state index is -1.24. The smallest absolute Gasteiger partial charge is 0.355 e. The summed E-state index contributed by atoms with van der Waals surface area (Å²) in [6.07, 6.45) is -1.24. The van der Waals surface area contributed by atoms with E-state index in [1.165, 1.54) is 6.92 Å². The summed E-state index contributed by atoms with van der Waals surface area (Å²) in [5.41, 5.74) is 4.82. The van der Waals surface area contributed by atoms with Crippen LogP contribution in [0.1, 0.15) is 17.4 Å². The summed E-state index contributed by atoms with van der Waals surface area (Å²) in [5, 5.41) is 2.22. The Labute approximate surface area is 124 Å². The summed E-state index contributed by atoms with van der Waals surface area (Å²) < 4.78 is 4.87. The van der Waals surface area contributed by atoms with Gasteiger partial charge < -0.3 is 15.5 Å². The van der Waals surface area contributed by atoms with Crippen molar-refractivity contribution < 1.29 is 19.1 Å². The third-order valence-corrected chi connectivity index (χ3v) is 2.86. The van der Waals surface area contributed by atoms with Crippen LogP contribution in [0.5, 0.6) is 0 Å². The molecule has 0 spiro atoms. The molecule has 8 heteroatoms. The lowest BCUT2D eigenvalue weighted by molar-refractivity contribution is -0.127. The first-order chi connectivity index (χ1) is 10.4. The topological polar surface area (TPSA) is 131 Å². The van der Waals surface area contributed by atoms with Crippen LogP contribution in [-0.4, -0.2) is 29.0 Å². The number of carbonyl (C=O) groups excluding carboxylic acids is 3. The number of carbonyl (C=O) groups is 3. The van der Waals surface area contributed by atoms with Crippen molar-refractivity contribution >= 4 is 28.8 Å². The number of aromatic nitrogens is 1. The number of esters is 1. The van der Waals surface area contributed by atoms with Gasteiger partial charge >= 0.3 is 12.0 Å². The maximum absolute atomic E-state index is 12.0. The molecule has 22 heavy (non-hydrogen) atoms. The molecule has 2 aromatic rings. The first-order valence-corrected chi connectivity index (χ1v) is 6.32. The van der Waals surface area contributed by atoms with E-state index in [0.29, 0.717) is 10.9 Å². The number of pyridine rings is 1. The molecule has 1 atom stereocenters. The second-order valence-corrected chi connectivity index (χ2v) is 4.49. The summed E-state index contributed by atoms with van der Waals surface area (Å²) in [4.78, 5) is 48.6. The number of primary amides is 1. The molecule has 8 nitrogen and oxygen atoms in total. The predicted molar refractivity (Wildman–Crippen MR) is 77.2 cm³/mol. The molecule has 2 rings (SSSR count). The number of nitrogens with one attached hydrogen (secondary N) is 2. The van der Waals surface area contributed by atoms with Crippen LogP contribution in [0.25, 0.3) is 10.9 Å². The summed E-state index contributed by atoms with van der Waals surface area (Å²) in [5.74, 6) is -1.75. The Kier molecular flexibility index (Phi) is 4.21. The van der Waals surface area contributed by atoms with E-state index < -0.39 is 24.0 Å². The molecule has 0 unspecified atom stereocenters. The monoisotopic (exact) mass is 303 g/mol. The number of urea groups is 1. The fraction of sp³-hybridized carbons (Fsp3) is 0.143. The Bertz CT molecular complexity index is 811. The van der Waals surface area contributed by atoms with Crippen molar-refractivity contribution in [3.8, 4) is 0 Å². The minimum Gasteiger partial charge on any atom is -0.448 e. The number of benzene rings is 1. The van der Waals surface area contributed by atoms with E-state index in [4.69, 9.17) is 10.5 Å². The molecule has 114 valence electrons. The number of ether oxygens (including phenoxy) is 1. The van der Waals surface area contributed by atoms with E-state index in [-0.39, 0.29) is 11.1 Å². The van der Waals surface area contributed by atoms with Crippen LogP contribution in [0, 0.1) is 0 Å². The third kappa shape index (κ3) is 3.29. The van der Waals surface area contributed by atoms with Crippen LogP contribution in [-0.2, 0) is 9.53 Å². The third-order valence-electron chi connectivity index (χ3n) is 2.86. The van der Waals surface area contributed by atoms with Gasteiger partial charge in [0.2, 0.25) is 0 Å². The van der Waals surface area contributed by atoms with Gasteiger partial charge in [-0.25, -0.2) is 9.59 Å². The lowest BCUT2D eigenvalue weighted by atomic mass is 10.2. The Morgan fingerprint density at radius 2 is 1.95 bits per heavy atom. The molecule has 4 N–H and O–H groups in total. The van der Waals surface area contributed by atoms with Gasteiger partial charge in [-0.1, -0.05) is 12.1 Å². The zero-order valence-electron chi connectivity index (χ0n) is 11.6. The van der Waals surface area contributed by atoms with Crippen molar-refractivity contribution in [1.29, 1.82) is 0 Å². The molecule has 0 aliphatic rings. The number of H-pyrrole nitrogens is 1. The number of hydrogen-bond donors (Lipinski definition) is 3. The number of hydrogen-bond acceptors (Lipinski definition) is 5. The summed E-state index contributed by atoms with van der Waals surface area (Å²) in [6.45, 7) is 1.27. The highest BCUT2D eigenvalue weighted by molar-refractivity contribution is 5.98. The number of amides is 3. The van der Waals surface area contributed by atoms with Gasteiger partial charge in [0.15, 0.2) is 11.5 Å². The van der Waals surface area contributed by atoms with Crippen LogP contribution in [0.2, 0.25) is 0 Å². The van der Waals surface area contributed by atoms with Gasteiger partial charge in [0, 0.05) is 17.0 Å². The maximum atomic E-state index is 12.0. The molecule has 0 aliphatic carbocycles. The summed E-state index contributed by atoms with van der Waals surface area (Å²) >= 11 is 0. The number of rotatable bonds is 3. The molecule has 0 saturated carbocycles. The molecule has 1 aromatic carbocycles. The molecule has 1 heterocycles. The van der Waals surface area contributed by atoms with Crippen LogP contribution in [0.15, 0.2) is 35.1 Å². The Morgan fingerprint density at radius 1 is 1.27 bits per heavy atom. The molecular formula is C14H13N3O5. The van der Waals surface area contributed by atoms with Crippen LogP contribution < -0.4 is 16.5 Å². The van der Waals surface area contributed by atoms with Crippen molar-refractivity contribution in [1.82, 2.24) is 10.3 Å².